The van der Waals surface area contributed by atoms with Gasteiger partial charge >= 0.3 is 0 Å². The fourth-order valence-electron chi connectivity index (χ4n) is 4.08. The summed E-state index contributed by atoms with van der Waals surface area (Å²) in [6, 6.07) is 3.29. The normalized spacial score (nSPS) is 25.6. The first-order valence-corrected chi connectivity index (χ1v) is 10.2. The van der Waals surface area contributed by atoms with E-state index in [0.29, 0.717) is 12.7 Å². The van der Waals surface area contributed by atoms with Crippen LogP contribution in [0, 0.1) is 5.92 Å². The fourth-order valence-corrected chi connectivity index (χ4v) is 5.00. The van der Waals surface area contributed by atoms with Crippen molar-refractivity contribution in [1.82, 2.24) is 13.8 Å². The molecule has 1 saturated carbocycles. The van der Waals surface area contributed by atoms with E-state index >= 15 is 0 Å². The highest BCUT2D eigenvalue weighted by atomic mass is 32.2. The molecule has 6 nitrogen and oxygen atoms in total. The first-order valence-electron chi connectivity index (χ1n) is 8.76. The van der Waals surface area contributed by atoms with Crippen LogP contribution in [0.2, 0.25) is 0 Å². The molecule has 1 aromatic heterocycles. The molecule has 0 unspecified atom stereocenters. The van der Waals surface area contributed by atoms with Crippen LogP contribution in [0.15, 0.2) is 28.0 Å². The van der Waals surface area contributed by atoms with E-state index in [-0.39, 0.29) is 10.5 Å². The highest BCUT2D eigenvalue weighted by Gasteiger charge is 2.33. The minimum absolute atomic E-state index is 0.148. The zero-order chi connectivity index (χ0) is 17.3. The van der Waals surface area contributed by atoms with E-state index in [1.807, 2.05) is 0 Å². The van der Waals surface area contributed by atoms with E-state index in [2.05, 4.69) is 4.90 Å². The Hall–Kier alpha value is -1.18. The minimum Gasteiger partial charge on any atom is -0.301 e. The molecule has 1 aliphatic heterocycles. The Labute approximate surface area is 144 Å². The van der Waals surface area contributed by atoms with Gasteiger partial charge < -0.3 is 4.57 Å². The van der Waals surface area contributed by atoms with Crippen molar-refractivity contribution in [1.29, 1.82) is 0 Å². The molecule has 0 N–H and O–H groups in total. The lowest BCUT2D eigenvalue weighted by molar-refractivity contribution is 0.0353. The van der Waals surface area contributed by atoms with Gasteiger partial charge in [-0.3, -0.25) is 9.69 Å². The van der Waals surface area contributed by atoms with Gasteiger partial charge in [0.05, 0.1) is 11.6 Å². The van der Waals surface area contributed by atoms with E-state index < -0.39 is 10.0 Å². The van der Waals surface area contributed by atoms with Crippen LogP contribution in [0.4, 0.5) is 0 Å². The summed E-state index contributed by atoms with van der Waals surface area (Å²) in [5, 5.41) is 0. The third kappa shape index (κ3) is 3.43. The third-order valence-electron chi connectivity index (χ3n) is 5.43. The summed E-state index contributed by atoms with van der Waals surface area (Å²) >= 11 is 0. The van der Waals surface area contributed by atoms with Crippen molar-refractivity contribution in [2.24, 2.45) is 5.92 Å². The molecule has 2 fully saturated rings. The highest BCUT2D eigenvalue weighted by molar-refractivity contribution is 7.89. The number of hydrogen-bond donors (Lipinski definition) is 0. The molecule has 0 radical (unpaired) electrons. The molecule has 1 aliphatic carbocycles. The predicted octanol–water partition coefficient (Wildman–Crippen LogP) is 1.71. The van der Waals surface area contributed by atoms with Gasteiger partial charge in [-0.05, 0) is 37.7 Å². The standard InChI is InChI=1S/C17H27N3O3S/c1-18(2)24(22,23)15-9-10-17(21)20(12-15)13-19-11-5-7-14-6-3-4-8-16(14)19/h9-10,12,14,16H,3-8,11,13H2,1-2H3/t14-,16-/m0/s1. The van der Waals surface area contributed by atoms with E-state index in [9.17, 15) is 13.2 Å². The highest BCUT2D eigenvalue weighted by Crippen LogP contribution is 2.35. The number of sulfonamides is 1. The van der Waals surface area contributed by atoms with E-state index in [1.54, 1.807) is 4.57 Å². The van der Waals surface area contributed by atoms with E-state index in [4.69, 9.17) is 0 Å². The van der Waals surface area contributed by atoms with Crippen molar-refractivity contribution >= 4 is 10.0 Å². The predicted molar refractivity (Wildman–Crippen MR) is 93.3 cm³/mol. The second-order valence-corrected chi connectivity index (χ2v) is 9.32. The van der Waals surface area contributed by atoms with Crippen LogP contribution in [0.25, 0.3) is 0 Å². The molecular weight excluding hydrogens is 326 g/mol. The lowest BCUT2D eigenvalue weighted by atomic mass is 9.78. The van der Waals surface area contributed by atoms with Crippen molar-refractivity contribution in [2.75, 3.05) is 20.6 Å². The zero-order valence-electron chi connectivity index (χ0n) is 14.5. The average Bonchev–Trinajstić information content (AvgIpc) is 2.57. The maximum atomic E-state index is 12.3. The van der Waals surface area contributed by atoms with Crippen LogP contribution in [0.3, 0.4) is 0 Å². The van der Waals surface area contributed by atoms with Gasteiger partial charge in [-0.25, -0.2) is 12.7 Å². The maximum absolute atomic E-state index is 12.3. The van der Waals surface area contributed by atoms with Crippen LogP contribution in [-0.2, 0) is 16.7 Å². The number of piperidine rings is 1. The van der Waals surface area contributed by atoms with Crippen molar-refractivity contribution in [3.05, 3.63) is 28.7 Å². The van der Waals surface area contributed by atoms with Crippen LogP contribution < -0.4 is 5.56 Å². The Morgan fingerprint density at radius 3 is 2.58 bits per heavy atom. The van der Waals surface area contributed by atoms with Gasteiger partial charge in [0.1, 0.15) is 0 Å². The Morgan fingerprint density at radius 2 is 1.83 bits per heavy atom. The van der Waals surface area contributed by atoms with Gasteiger partial charge in [-0.2, -0.15) is 0 Å². The third-order valence-corrected chi connectivity index (χ3v) is 7.23. The molecule has 0 spiro atoms. The molecular formula is C17H27N3O3S. The summed E-state index contributed by atoms with van der Waals surface area (Å²) in [5.74, 6) is 0.733. The Balaban J connectivity index is 1.85. The van der Waals surface area contributed by atoms with Gasteiger partial charge in [0.2, 0.25) is 10.0 Å². The van der Waals surface area contributed by atoms with Gasteiger partial charge in [-0.15, -0.1) is 0 Å². The molecule has 1 aromatic rings. The monoisotopic (exact) mass is 353 g/mol. The number of rotatable bonds is 4. The van der Waals surface area contributed by atoms with Gasteiger partial charge in [0.25, 0.3) is 5.56 Å². The summed E-state index contributed by atoms with van der Waals surface area (Å²) in [6.45, 7) is 1.47. The summed E-state index contributed by atoms with van der Waals surface area (Å²) < 4.78 is 27.4. The van der Waals surface area contributed by atoms with Crippen molar-refractivity contribution in [2.45, 2.75) is 56.1 Å². The number of hydrogen-bond acceptors (Lipinski definition) is 4. The van der Waals surface area contributed by atoms with Gasteiger partial charge in [0, 0.05) is 38.9 Å². The molecule has 7 heteroatoms. The lowest BCUT2D eigenvalue weighted by Crippen LogP contribution is -2.48. The second kappa shape index (κ2) is 6.98. The van der Waals surface area contributed by atoms with Gasteiger partial charge in [-0.1, -0.05) is 12.8 Å². The summed E-state index contributed by atoms with van der Waals surface area (Å²) in [5.41, 5.74) is -0.148. The number of nitrogens with zero attached hydrogens (tertiary/aromatic N) is 3. The first-order chi connectivity index (χ1) is 11.4. The van der Waals surface area contributed by atoms with Gasteiger partial charge in [0.15, 0.2) is 0 Å². The Bertz CT molecular complexity index is 740. The fraction of sp³-hybridized carbons (Fsp3) is 0.706. The molecule has 2 atom stereocenters. The number of pyridine rings is 1. The van der Waals surface area contributed by atoms with Crippen LogP contribution in [0.1, 0.15) is 38.5 Å². The largest absolute Gasteiger partial charge is 0.301 e. The second-order valence-electron chi connectivity index (χ2n) is 7.17. The van der Waals surface area contributed by atoms with Crippen LogP contribution in [-0.4, -0.2) is 48.9 Å². The zero-order valence-corrected chi connectivity index (χ0v) is 15.3. The molecule has 0 aromatic carbocycles. The smallest absolute Gasteiger partial charge is 0.251 e. The molecule has 0 bridgehead atoms. The topological polar surface area (TPSA) is 62.6 Å². The molecule has 2 heterocycles. The molecule has 24 heavy (non-hydrogen) atoms. The molecule has 2 aliphatic rings. The Kier molecular flexibility index (Phi) is 5.13. The number of fused-ring (bicyclic) bond motifs is 1. The first kappa shape index (κ1) is 17.6. The molecule has 1 saturated heterocycles. The maximum Gasteiger partial charge on any atom is 0.251 e. The summed E-state index contributed by atoms with van der Waals surface area (Å²) in [6.07, 6.45) is 8.97. The van der Waals surface area contributed by atoms with Crippen LogP contribution >= 0.6 is 0 Å². The number of aromatic nitrogens is 1. The average molecular weight is 353 g/mol. The van der Waals surface area contributed by atoms with E-state index in [0.717, 1.165) is 18.9 Å². The molecule has 134 valence electrons. The minimum atomic E-state index is -3.53. The SMILES string of the molecule is CN(C)S(=O)(=O)c1ccc(=O)n(CN2CCC[C@@H]3CCCC[C@@H]32)c1. The van der Waals surface area contributed by atoms with Crippen molar-refractivity contribution < 1.29 is 8.42 Å². The van der Waals surface area contributed by atoms with Crippen LogP contribution in [0.5, 0.6) is 0 Å². The Morgan fingerprint density at radius 1 is 1.12 bits per heavy atom. The van der Waals surface area contributed by atoms with Crippen molar-refractivity contribution in [3.8, 4) is 0 Å². The van der Waals surface area contributed by atoms with E-state index in [1.165, 1.54) is 68.8 Å². The van der Waals surface area contributed by atoms with Crippen molar-refractivity contribution in [3.63, 3.8) is 0 Å². The summed E-state index contributed by atoms with van der Waals surface area (Å²) in [7, 11) is -0.521. The number of likely N-dealkylation sites (tertiary alicyclic amines) is 1. The quantitative estimate of drug-likeness (QED) is 0.827. The summed E-state index contributed by atoms with van der Waals surface area (Å²) in [4.78, 5) is 14.8. The lowest BCUT2D eigenvalue weighted by Gasteiger charge is -2.44. The molecule has 0 amide bonds. The molecule has 3 rings (SSSR count).